The molecule has 0 heterocycles. The molecule has 0 spiro atoms. The van der Waals surface area contributed by atoms with Crippen molar-refractivity contribution in [3.63, 3.8) is 0 Å². The zero-order valence-electron chi connectivity index (χ0n) is 11.3. The number of terminal acetylenes is 1. The standard InChI is InChI=1S/C15H18O3/c1-6-15(5,18)8-7-12-11(4)13(16)9(2)10(3)14(12)17/h1,18H,7-8H2,2-5H3. The van der Waals surface area contributed by atoms with Crippen LogP contribution in [0.5, 0.6) is 0 Å². The Morgan fingerprint density at radius 2 is 1.61 bits per heavy atom. The van der Waals surface area contributed by atoms with E-state index in [9.17, 15) is 14.7 Å². The summed E-state index contributed by atoms with van der Waals surface area (Å²) in [5, 5.41) is 9.74. The molecule has 0 aromatic rings. The van der Waals surface area contributed by atoms with Gasteiger partial charge in [-0.25, -0.2) is 0 Å². The molecule has 1 rings (SSSR count). The Morgan fingerprint density at radius 1 is 1.11 bits per heavy atom. The molecule has 0 aromatic heterocycles. The maximum atomic E-state index is 12.1. The van der Waals surface area contributed by atoms with E-state index in [2.05, 4.69) is 5.92 Å². The predicted octanol–water partition coefficient (Wildman–Crippen LogP) is 1.96. The normalized spacial score (nSPS) is 20.0. The van der Waals surface area contributed by atoms with Gasteiger partial charge in [-0.15, -0.1) is 6.42 Å². The molecule has 1 N–H and O–H groups in total. The zero-order valence-corrected chi connectivity index (χ0v) is 11.3. The van der Waals surface area contributed by atoms with Gasteiger partial charge in [0.15, 0.2) is 11.6 Å². The lowest BCUT2D eigenvalue weighted by molar-refractivity contribution is -0.116. The Balaban J connectivity index is 3.00. The molecule has 0 aliphatic heterocycles. The van der Waals surface area contributed by atoms with Gasteiger partial charge in [-0.3, -0.25) is 9.59 Å². The van der Waals surface area contributed by atoms with Crippen LogP contribution in [0.25, 0.3) is 0 Å². The van der Waals surface area contributed by atoms with E-state index in [0.29, 0.717) is 28.7 Å². The lowest BCUT2D eigenvalue weighted by atomic mass is 9.82. The largest absolute Gasteiger partial charge is 0.378 e. The molecule has 1 aliphatic carbocycles. The first-order valence-corrected chi connectivity index (χ1v) is 5.88. The average molecular weight is 246 g/mol. The van der Waals surface area contributed by atoms with Crippen molar-refractivity contribution in [2.24, 2.45) is 0 Å². The Bertz CT molecular complexity index is 510. The van der Waals surface area contributed by atoms with Crippen molar-refractivity contribution in [2.75, 3.05) is 0 Å². The minimum Gasteiger partial charge on any atom is -0.378 e. The van der Waals surface area contributed by atoms with Crippen LogP contribution in [0.1, 0.15) is 40.5 Å². The second-order valence-corrected chi connectivity index (χ2v) is 4.93. The molecular formula is C15H18O3. The molecule has 3 nitrogen and oxygen atoms in total. The van der Waals surface area contributed by atoms with E-state index in [0.717, 1.165) is 0 Å². The van der Waals surface area contributed by atoms with Crippen molar-refractivity contribution in [1.82, 2.24) is 0 Å². The minimum atomic E-state index is -1.25. The third-order valence-corrected chi connectivity index (χ3v) is 3.48. The molecule has 1 aliphatic rings. The number of carbonyl (C=O) groups excluding carboxylic acids is 2. The van der Waals surface area contributed by atoms with Crippen LogP contribution < -0.4 is 0 Å². The lowest BCUT2D eigenvalue weighted by Crippen LogP contribution is -2.25. The van der Waals surface area contributed by atoms with Crippen molar-refractivity contribution in [3.8, 4) is 12.3 Å². The smallest absolute Gasteiger partial charge is 0.185 e. The first-order chi connectivity index (χ1) is 8.21. The maximum absolute atomic E-state index is 12.1. The molecule has 1 atom stereocenters. The summed E-state index contributed by atoms with van der Waals surface area (Å²) in [6.07, 6.45) is 5.77. The number of allylic oxidation sites excluding steroid dienone is 4. The summed E-state index contributed by atoms with van der Waals surface area (Å²) in [5.74, 6) is 2.06. The highest BCUT2D eigenvalue weighted by Crippen LogP contribution is 2.28. The fourth-order valence-electron chi connectivity index (χ4n) is 1.90. The van der Waals surface area contributed by atoms with Crippen molar-refractivity contribution in [1.29, 1.82) is 0 Å². The second-order valence-electron chi connectivity index (χ2n) is 4.93. The molecule has 0 amide bonds. The summed E-state index contributed by atoms with van der Waals surface area (Å²) in [6, 6.07) is 0. The molecule has 0 fully saturated rings. The van der Waals surface area contributed by atoms with Crippen LogP contribution in [0.4, 0.5) is 0 Å². The topological polar surface area (TPSA) is 54.4 Å². The highest BCUT2D eigenvalue weighted by molar-refractivity contribution is 6.24. The predicted molar refractivity (Wildman–Crippen MR) is 69.8 cm³/mol. The van der Waals surface area contributed by atoms with E-state index in [1.54, 1.807) is 20.8 Å². The van der Waals surface area contributed by atoms with Crippen LogP contribution in [-0.4, -0.2) is 22.3 Å². The number of ketones is 2. The first-order valence-electron chi connectivity index (χ1n) is 5.88. The van der Waals surface area contributed by atoms with E-state index in [1.807, 2.05) is 0 Å². The Labute approximate surface area is 108 Å². The van der Waals surface area contributed by atoms with Crippen molar-refractivity contribution in [2.45, 2.75) is 46.1 Å². The molecular weight excluding hydrogens is 228 g/mol. The fourth-order valence-corrected chi connectivity index (χ4v) is 1.90. The highest BCUT2D eigenvalue weighted by Gasteiger charge is 2.29. The Kier molecular flexibility index (Phi) is 3.93. The summed E-state index contributed by atoms with van der Waals surface area (Å²) >= 11 is 0. The number of rotatable bonds is 3. The van der Waals surface area contributed by atoms with Gasteiger partial charge in [-0.1, -0.05) is 5.92 Å². The number of aliphatic hydroxyl groups is 1. The Hall–Kier alpha value is -1.66. The summed E-state index contributed by atoms with van der Waals surface area (Å²) in [7, 11) is 0. The third-order valence-electron chi connectivity index (χ3n) is 3.48. The van der Waals surface area contributed by atoms with Crippen LogP contribution in [-0.2, 0) is 9.59 Å². The Morgan fingerprint density at radius 3 is 2.11 bits per heavy atom. The first kappa shape index (κ1) is 14.4. The summed E-state index contributed by atoms with van der Waals surface area (Å²) in [6.45, 7) is 6.48. The van der Waals surface area contributed by atoms with Gasteiger partial charge in [-0.2, -0.15) is 0 Å². The third kappa shape index (κ3) is 2.60. The van der Waals surface area contributed by atoms with Gasteiger partial charge in [-0.05, 0) is 40.5 Å². The van der Waals surface area contributed by atoms with Crippen molar-refractivity contribution in [3.05, 3.63) is 22.3 Å². The fraction of sp³-hybridized carbons (Fsp3) is 0.467. The maximum Gasteiger partial charge on any atom is 0.185 e. The summed E-state index contributed by atoms with van der Waals surface area (Å²) in [4.78, 5) is 24.0. The van der Waals surface area contributed by atoms with Gasteiger partial charge in [0.05, 0.1) is 0 Å². The number of Topliss-reactive ketones (excluding diaryl/α,β-unsaturated/α-hetero) is 2. The van der Waals surface area contributed by atoms with E-state index in [1.165, 1.54) is 6.92 Å². The quantitative estimate of drug-likeness (QED) is 0.611. The van der Waals surface area contributed by atoms with Crippen LogP contribution >= 0.6 is 0 Å². The van der Waals surface area contributed by atoms with Gasteiger partial charge >= 0.3 is 0 Å². The van der Waals surface area contributed by atoms with Crippen molar-refractivity contribution >= 4 is 11.6 Å². The molecule has 1 unspecified atom stereocenters. The molecule has 0 radical (unpaired) electrons. The SMILES string of the molecule is C#CC(C)(O)CCC1=C(C)C(=O)C(C)=C(C)C1=O. The molecule has 3 heteroatoms. The molecule has 18 heavy (non-hydrogen) atoms. The van der Waals surface area contributed by atoms with Gasteiger partial charge in [0.2, 0.25) is 0 Å². The van der Waals surface area contributed by atoms with Gasteiger partial charge in [0, 0.05) is 22.3 Å². The van der Waals surface area contributed by atoms with E-state index >= 15 is 0 Å². The monoisotopic (exact) mass is 246 g/mol. The highest BCUT2D eigenvalue weighted by atomic mass is 16.3. The van der Waals surface area contributed by atoms with Crippen LogP contribution in [0.15, 0.2) is 22.3 Å². The lowest BCUT2D eigenvalue weighted by Gasteiger charge is -2.21. The van der Waals surface area contributed by atoms with Crippen molar-refractivity contribution < 1.29 is 14.7 Å². The van der Waals surface area contributed by atoms with Gasteiger partial charge in [0.1, 0.15) is 5.60 Å². The van der Waals surface area contributed by atoms with E-state index in [-0.39, 0.29) is 18.0 Å². The number of hydrogen-bond acceptors (Lipinski definition) is 3. The van der Waals surface area contributed by atoms with Crippen LogP contribution in [0.2, 0.25) is 0 Å². The number of carbonyl (C=O) groups is 2. The van der Waals surface area contributed by atoms with E-state index < -0.39 is 5.60 Å². The minimum absolute atomic E-state index is 0.0950. The molecule has 0 saturated carbocycles. The van der Waals surface area contributed by atoms with Crippen LogP contribution in [0.3, 0.4) is 0 Å². The van der Waals surface area contributed by atoms with Gasteiger partial charge in [0.25, 0.3) is 0 Å². The van der Waals surface area contributed by atoms with Gasteiger partial charge < -0.3 is 5.11 Å². The number of hydrogen-bond donors (Lipinski definition) is 1. The average Bonchev–Trinajstić information content (AvgIpc) is 2.34. The molecule has 0 saturated heterocycles. The summed E-state index contributed by atoms with van der Waals surface area (Å²) in [5.41, 5.74) is 0.682. The molecule has 0 aromatic carbocycles. The second kappa shape index (κ2) is 4.91. The molecule has 96 valence electrons. The summed E-state index contributed by atoms with van der Waals surface area (Å²) < 4.78 is 0. The van der Waals surface area contributed by atoms with Crippen LogP contribution in [0, 0.1) is 12.3 Å². The van der Waals surface area contributed by atoms with E-state index in [4.69, 9.17) is 6.42 Å². The molecule has 0 bridgehead atoms. The zero-order chi connectivity index (χ0) is 14.1.